The Bertz CT molecular complexity index is 733. The van der Waals surface area contributed by atoms with E-state index in [1.54, 1.807) is 6.92 Å². The van der Waals surface area contributed by atoms with E-state index in [-0.39, 0.29) is 23.2 Å². The number of nitrogens with zero attached hydrogens (tertiary/aromatic N) is 2. The number of aromatic nitrogens is 1. The first-order valence-corrected chi connectivity index (χ1v) is 6.90. The molecule has 0 saturated carbocycles. The fourth-order valence-corrected chi connectivity index (χ4v) is 2.09. The zero-order valence-electron chi connectivity index (χ0n) is 12.8. The van der Waals surface area contributed by atoms with Gasteiger partial charge in [-0.2, -0.15) is 0 Å². The highest BCUT2D eigenvalue weighted by Gasteiger charge is 2.31. The summed E-state index contributed by atoms with van der Waals surface area (Å²) in [5, 5.41) is 13.8. The molecule has 9 heteroatoms. The average molecular weight is 341 g/mol. The van der Waals surface area contributed by atoms with Gasteiger partial charge in [0.15, 0.2) is 0 Å². The van der Waals surface area contributed by atoms with Crippen LogP contribution in [0.15, 0.2) is 36.4 Å². The lowest BCUT2D eigenvalue weighted by Crippen LogP contribution is -2.17. The summed E-state index contributed by atoms with van der Waals surface area (Å²) in [4.78, 5) is 14.3. The van der Waals surface area contributed by atoms with E-state index in [2.05, 4.69) is 15.0 Å². The van der Waals surface area contributed by atoms with Crippen molar-refractivity contribution in [1.29, 1.82) is 0 Å². The second-order valence-electron chi connectivity index (χ2n) is 5.04. The Morgan fingerprint density at radius 2 is 1.83 bits per heavy atom. The molecule has 0 aliphatic carbocycles. The molecule has 0 unspecified atom stereocenters. The highest BCUT2D eigenvalue weighted by molar-refractivity contribution is 5.46. The van der Waals surface area contributed by atoms with Crippen LogP contribution >= 0.6 is 0 Å². The lowest BCUT2D eigenvalue weighted by Gasteiger charge is -2.16. The molecular weight excluding hydrogens is 327 g/mol. The monoisotopic (exact) mass is 341 g/mol. The molecular formula is C15H14F3N3O3. The summed E-state index contributed by atoms with van der Waals surface area (Å²) >= 11 is 0. The fraction of sp³-hybridized carbons (Fsp3) is 0.267. The van der Waals surface area contributed by atoms with Gasteiger partial charge in [0.25, 0.3) is 5.69 Å². The van der Waals surface area contributed by atoms with Gasteiger partial charge >= 0.3 is 6.36 Å². The summed E-state index contributed by atoms with van der Waals surface area (Å²) in [6, 6.07) is 7.98. The van der Waals surface area contributed by atoms with Crippen LogP contribution in [0.25, 0.3) is 0 Å². The first-order chi connectivity index (χ1) is 11.2. The van der Waals surface area contributed by atoms with Crippen LogP contribution in [0.5, 0.6) is 5.75 Å². The molecule has 0 aliphatic rings. The minimum absolute atomic E-state index is 0.0816. The van der Waals surface area contributed by atoms with Crippen LogP contribution in [-0.2, 0) is 0 Å². The molecule has 0 radical (unpaired) electrons. The van der Waals surface area contributed by atoms with E-state index in [1.165, 1.54) is 43.3 Å². The number of rotatable bonds is 5. The summed E-state index contributed by atoms with van der Waals surface area (Å²) in [7, 11) is 0. The smallest absolute Gasteiger partial charge is 0.406 e. The van der Waals surface area contributed by atoms with E-state index in [4.69, 9.17) is 0 Å². The molecule has 0 amide bonds. The molecule has 1 N–H and O–H groups in total. The third-order valence-corrected chi connectivity index (χ3v) is 3.23. The van der Waals surface area contributed by atoms with Crippen molar-refractivity contribution in [2.75, 3.05) is 5.32 Å². The standard InChI is InChI=1S/C15H14F3N3O3/c1-9(11-3-5-12(6-4-11)24-15(16,17)18)19-14-8-7-13(21(22)23)10(2)20-14/h3-9H,1-2H3,(H,19,20)/t9-/m0/s1. The van der Waals surface area contributed by atoms with Crippen LogP contribution in [0.2, 0.25) is 0 Å². The minimum atomic E-state index is -4.73. The predicted octanol–water partition coefficient (Wildman–Crippen LogP) is 4.37. The van der Waals surface area contributed by atoms with Crippen molar-refractivity contribution in [1.82, 2.24) is 4.98 Å². The van der Waals surface area contributed by atoms with Crippen LogP contribution in [0, 0.1) is 17.0 Å². The van der Waals surface area contributed by atoms with Crippen LogP contribution in [0.4, 0.5) is 24.7 Å². The molecule has 24 heavy (non-hydrogen) atoms. The molecule has 1 aromatic heterocycles. The van der Waals surface area contributed by atoms with Gasteiger partial charge < -0.3 is 10.1 Å². The number of anilines is 1. The number of hydrogen-bond acceptors (Lipinski definition) is 5. The maximum absolute atomic E-state index is 12.1. The molecule has 1 heterocycles. The number of alkyl halides is 3. The van der Waals surface area contributed by atoms with Crippen molar-refractivity contribution in [3.05, 3.63) is 57.8 Å². The zero-order chi connectivity index (χ0) is 17.9. The largest absolute Gasteiger partial charge is 0.573 e. The summed E-state index contributed by atoms with van der Waals surface area (Å²) < 4.78 is 40.2. The van der Waals surface area contributed by atoms with Gasteiger partial charge in [-0.25, -0.2) is 4.98 Å². The minimum Gasteiger partial charge on any atom is -0.406 e. The second kappa shape index (κ2) is 6.73. The number of benzene rings is 1. The Labute approximate surface area is 135 Å². The Morgan fingerprint density at radius 1 is 1.21 bits per heavy atom. The number of nitro groups is 1. The van der Waals surface area contributed by atoms with Crippen LogP contribution in [0.3, 0.4) is 0 Å². The highest BCUT2D eigenvalue weighted by Crippen LogP contribution is 2.26. The van der Waals surface area contributed by atoms with Crippen molar-refractivity contribution in [2.45, 2.75) is 26.3 Å². The van der Waals surface area contributed by atoms with E-state index < -0.39 is 11.3 Å². The molecule has 0 spiro atoms. The molecule has 1 atom stereocenters. The Morgan fingerprint density at radius 3 is 2.33 bits per heavy atom. The van der Waals surface area contributed by atoms with Gasteiger partial charge in [0.05, 0.1) is 4.92 Å². The molecule has 2 rings (SSSR count). The van der Waals surface area contributed by atoms with Gasteiger partial charge in [-0.1, -0.05) is 12.1 Å². The van der Waals surface area contributed by atoms with Crippen molar-refractivity contribution in [3.8, 4) is 5.75 Å². The van der Waals surface area contributed by atoms with Gasteiger partial charge in [0.2, 0.25) is 0 Å². The predicted molar refractivity (Wildman–Crippen MR) is 80.8 cm³/mol. The van der Waals surface area contributed by atoms with Gasteiger partial charge in [-0.05, 0) is 37.6 Å². The topological polar surface area (TPSA) is 77.3 Å². The molecule has 128 valence electrons. The number of nitrogens with one attached hydrogen (secondary N) is 1. The van der Waals surface area contributed by atoms with Gasteiger partial charge in [-0.15, -0.1) is 13.2 Å². The maximum Gasteiger partial charge on any atom is 0.573 e. The quantitative estimate of drug-likeness (QED) is 0.645. The molecule has 1 aromatic carbocycles. The third-order valence-electron chi connectivity index (χ3n) is 3.23. The van der Waals surface area contributed by atoms with E-state index in [1.807, 2.05) is 0 Å². The first kappa shape index (κ1) is 17.5. The number of aryl methyl sites for hydroxylation is 1. The van der Waals surface area contributed by atoms with Gasteiger partial charge in [0.1, 0.15) is 17.3 Å². The van der Waals surface area contributed by atoms with Crippen LogP contribution in [0.1, 0.15) is 24.2 Å². The molecule has 6 nitrogen and oxygen atoms in total. The number of pyridine rings is 1. The van der Waals surface area contributed by atoms with E-state index in [9.17, 15) is 23.3 Å². The van der Waals surface area contributed by atoms with Gasteiger partial charge in [-0.3, -0.25) is 10.1 Å². The summed E-state index contributed by atoms with van der Waals surface area (Å²) in [6.07, 6.45) is -4.73. The van der Waals surface area contributed by atoms with E-state index >= 15 is 0 Å². The molecule has 0 aliphatic heterocycles. The average Bonchev–Trinajstić information content (AvgIpc) is 2.45. The Kier molecular flexibility index (Phi) is 4.91. The molecule has 0 fully saturated rings. The summed E-state index contributed by atoms with van der Waals surface area (Å²) in [5.74, 6) is 0.129. The Balaban J connectivity index is 2.08. The normalized spacial score (nSPS) is 12.5. The first-order valence-electron chi connectivity index (χ1n) is 6.90. The molecule has 0 bridgehead atoms. The fourth-order valence-electron chi connectivity index (χ4n) is 2.09. The molecule has 2 aromatic rings. The zero-order valence-corrected chi connectivity index (χ0v) is 12.8. The lowest BCUT2D eigenvalue weighted by atomic mass is 10.1. The number of hydrogen-bond donors (Lipinski definition) is 1. The summed E-state index contributed by atoms with van der Waals surface area (Å²) in [5.41, 5.74) is 0.898. The van der Waals surface area contributed by atoms with Crippen molar-refractivity contribution >= 4 is 11.5 Å². The second-order valence-corrected chi connectivity index (χ2v) is 5.04. The Hall–Kier alpha value is -2.84. The van der Waals surface area contributed by atoms with E-state index in [0.29, 0.717) is 11.4 Å². The van der Waals surface area contributed by atoms with Crippen LogP contribution in [-0.4, -0.2) is 16.3 Å². The van der Waals surface area contributed by atoms with Gasteiger partial charge in [0, 0.05) is 12.1 Å². The van der Waals surface area contributed by atoms with Crippen molar-refractivity contribution < 1.29 is 22.8 Å². The third kappa shape index (κ3) is 4.58. The number of halogens is 3. The van der Waals surface area contributed by atoms with E-state index in [0.717, 1.165) is 0 Å². The van der Waals surface area contributed by atoms with Crippen LogP contribution < -0.4 is 10.1 Å². The number of ether oxygens (including phenoxy) is 1. The van der Waals surface area contributed by atoms with Crippen molar-refractivity contribution in [2.24, 2.45) is 0 Å². The molecule has 0 saturated heterocycles. The lowest BCUT2D eigenvalue weighted by molar-refractivity contribution is -0.385. The maximum atomic E-state index is 12.1. The van der Waals surface area contributed by atoms with Crippen molar-refractivity contribution in [3.63, 3.8) is 0 Å². The highest BCUT2D eigenvalue weighted by atomic mass is 19.4. The SMILES string of the molecule is Cc1nc(N[C@@H](C)c2ccc(OC(F)(F)F)cc2)ccc1[N+](=O)[O-]. The summed E-state index contributed by atoms with van der Waals surface area (Å²) in [6.45, 7) is 3.31.